The van der Waals surface area contributed by atoms with E-state index in [1.54, 1.807) is 12.4 Å². The zero-order valence-corrected chi connectivity index (χ0v) is 10.9. The Bertz CT molecular complexity index is 462. The van der Waals surface area contributed by atoms with Gasteiger partial charge in [0, 0.05) is 24.8 Å². The van der Waals surface area contributed by atoms with Gasteiger partial charge in [-0.05, 0) is 52.5 Å². The Hall–Kier alpha value is -1.42. The first-order chi connectivity index (χ1) is 8.36. The van der Waals surface area contributed by atoms with Crippen LogP contribution in [0.5, 0.6) is 5.75 Å². The van der Waals surface area contributed by atoms with E-state index < -0.39 is 0 Å². The molecule has 0 aromatic carbocycles. The monoisotopic (exact) mass is 292 g/mol. The molecule has 2 aromatic heterocycles. The molecule has 0 unspecified atom stereocenters. The van der Waals surface area contributed by atoms with Crippen LogP contribution in [-0.4, -0.2) is 16.6 Å². The van der Waals surface area contributed by atoms with Gasteiger partial charge in [-0.2, -0.15) is 0 Å². The van der Waals surface area contributed by atoms with Gasteiger partial charge in [-0.25, -0.2) is 0 Å². The number of aryl methyl sites for hydroxylation is 1. The molecule has 88 valence electrons. The lowest BCUT2D eigenvalue weighted by atomic mass is 10.1. The first-order valence-electron chi connectivity index (χ1n) is 5.47. The molecule has 0 aliphatic carbocycles. The first-order valence-corrected chi connectivity index (χ1v) is 6.27. The Morgan fingerprint density at radius 3 is 2.59 bits per heavy atom. The molecule has 0 N–H and O–H groups in total. The number of pyridine rings is 2. The maximum Gasteiger partial charge on any atom is 0.136 e. The lowest BCUT2D eigenvalue weighted by molar-refractivity contribution is 0.309. The molecule has 4 heteroatoms. The van der Waals surface area contributed by atoms with Crippen molar-refractivity contribution in [2.75, 3.05) is 6.61 Å². The normalized spacial score (nSPS) is 10.2. The standard InChI is InChI=1S/C13H13BrN2O/c14-12-10-16-8-5-13(12)17-9-1-2-11-3-6-15-7-4-11/h3-8,10H,1-2,9H2. The minimum atomic E-state index is 0.699. The highest BCUT2D eigenvalue weighted by Crippen LogP contribution is 2.22. The van der Waals surface area contributed by atoms with Crippen molar-refractivity contribution in [3.05, 3.63) is 53.0 Å². The third-order valence-corrected chi connectivity index (χ3v) is 2.95. The molecule has 0 fully saturated rings. The van der Waals surface area contributed by atoms with Crippen molar-refractivity contribution in [3.63, 3.8) is 0 Å². The molecule has 0 atom stereocenters. The van der Waals surface area contributed by atoms with Crippen LogP contribution in [0.1, 0.15) is 12.0 Å². The van der Waals surface area contributed by atoms with Gasteiger partial charge in [0.2, 0.25) is 0 Å². The summed E-state index contributed by atoms with van der Waals surface area (Å²) in [5.41, 5.74) is 1.29. The van der Waals surface area contributed by atoms with Crippen LogP contribution >= 0.6 is 15.9 Å². The summed E-state index contributed by atoms with van der Waals surface area (Å²) < 4.78 is 6.55. The highest BCUT2D eigenvalue weighted by atomic mass is 79.9. The molecule has 0 bridgehead atoms. The van der Waals surface area contributed by atoms with Crippen LogP contribution in [-0.2, 0) is 6.42 Å². The second kappa shape index (κ2) is 6.35. The summed E-state index contributed by atoms with van der Waals surface area (Å²) in [5.74, 6) is 0.842. The molecule has 2 aromatic rings. The molecular weight excluding hydrogens is 280 g/mol. The van der Waals surface area contributed by atoms with E-state index in [-0.39, 0.29) is 0 Å². The van der Waals surface area contributed by atoms with E-state index in [1.165, 1.54) is 5.56 Å². The predicted molar refractivity (Wildman–Crippen MR) is 70.0 cm³/mol. The predicted octanol–water partition coefficient (Wildman–Crippen LogP) is 3.25. The smallest absolute Gasteiger partial charge is 0.136 e. The van der Waals surface area contributed by atoms with Crippen LogP contribution in [0.3, 0.4) is 0 Å². The Balaban J connectivity index is 1.76. The quantitative estimate of drug-likeness (QED) is 0.794. The van der Waals surface area contributed by atoms with Gasteiger partial charge in [-0.3, -0.25) is 9.97 Å². The summed E-state index contributed by atoms with van der Waals surface area (Å²) >= 11 is 3.40. The fourth-order valence-corrected chi connectivity index (χ4v) is 1.85. The van der Waals surface area contributed by atoms with E-state index >= 15 is 0 Å². The summed E-state index contributed by atoms with van der Waals surface area (Å²) in [6.07, 6.45) is 9.08. The number of hydrogen-bond acceptors (Lipinski definition) is 3. The van der Waals surface area contributed by atoms with Gasteiger partial charge in [-0.15, -0.1) is 0 Å². The van der Waals surface area contributed by atoms with E-state index in [9.17, 15) is 0 Å². The van der Waals surface area contributed by atoms with Crippen molar-refractivity contribution in [1.82, 2.24) is 9.97 Å². The van der Waals surface area contributed by atoms with Gasteiger partial charge in [0.1, 0.15) is 5.75 Å². The van der Waals surface area contributed by atoms with Crippen LogP contribution in [0.2, 0.25) is 0 Å². The zero-order chi connectivity index (χ0) is 11.9. The molecular formula is C13H13BrN2O. The van der Waals surface area contributed by atoms with Gasteiger partial charge in [-0.1, -0.05) is 0 Å². The fraction of sp³-hybridized carbons (Fsp3) is 0.231. The van der Waals surface area contributed by atoms with Crippen LogP contribution in [0.4, 0.5) is 0 Å². The van der Waals surface area contributed by atoms with Crippen molar-refractivity contribution >= 4 is 15.9 Å². The second-order valence-electron chi connectivity index (χ2n) is 3.61. The first kappa shape index (κ1) is 12.0. The SMILES string of the molecule is Brc1cnccc1OCCCc1ccncc1. The van der Waals surface area contributed by atoms with Gasteiger partial charge >= 0.3 is 0 Å². The molecule has 0 radical (unpaired) electrons. The van der Waals surface area contributed by atoms with E-state index in [0.29, 0.717) is 6.61 Å². The molecule has 0 saturated carbocycles. The van der Waals surface area contributed by atoms with Gasteiger partial charge < -0.3 is 4.74 Å². The maximum atomic E-state index is 5.66. The van der Waals surface area contributed by atoms with Crippen LogP contribution < -0.4 is 4.74 Å². The minimum Gasteiger partial charge on any atom is -0.492 e. The van der Waals surface area contributed by atoms with Crippen molar-refractivity contribution in [2.24, 2.45) is 0 Å². The van der Waals surface area contributed by atoms with E-state index in [2.05, 4.69) is 25.9 Å². The highest BCUT2D eigenvalue weighted by Gasteiger charge is 1.99. The Morgan fingerprint density at radius 2 is 1.82 bits per heavy atom. The molecule has 0 saturated heterocycles. The number of hydrogen-bond donors (Lipinski definition) is 0. The fourth-order valence-electron chi connectivity index (χ4n) is 1.49. The van der Waals surface area contributed by atoms with E-state index in [1.807, 2.05) is 30.6 Å². The third kappa shape index (κ3) is 3.82. The zero-order valence-electron chi connectivity index (χ0n) is 9.34. The number of rotatable bonds is 5. The average Bonchev–Trinajstić information content (AvgIpc) is 2.38. The lowest BCUT2D eigenvalue weighted by Crippen LogP contribution is -2.00. The molecule has 0 amide bonds. The topological polar surface area (TPSA) is 35.0 Å². The van der Waals surface area contributed by atoms with E-state index in [4.69, 9.17) is 4.74 Å². The number of halogens is 1. The summed E-state index contributed by atoms with van der Waals surface area (Å²) in [6, 6.07) is 5.92. The van der Waals surface area contributed by atoms with Crippen LogP contribution in [0.25, 0.3) is 0 Å². The third-order valence-electron chi connectivity index (χ3n) is 2.35. The van der Waals surface area contributed by atoms with Crippen molar-refractivity contribution in [3.8, 4) is 5.75 Å². The largest absolute Gasteiger partial charge is 0.492 e. The van der Waals surface area contributed by atoms with E-state index in [0.717, 1.165) is 23.1 Å². The Labute approximate surface area is 109 Å². The minimum absolute atomic E-state index is 0.699. The summed E-state index contributed by atoms with van der Waals surface area (Å²) in [6.45, 7) is 0.699. The summed E-state index contributed by atoms with van der Waals surface area (Å²) in [7, 11) is 0. The summed E-state index contributed by atoms with van der Waals surface area (Å²) in [5, 5.41) is 0. The molecule has 17 heavy (non-hydrogen) atoms. The second-order valence-corrected chi connectivity index (χ2v) is 4.47. The highest BCUT2D eigenvalue weighted by molar-refractivity contribution is 9.10. The number of aromatic nitrogens is 2. The van der Waals surface area contributed by atoms with Gasteiger partial charge in [0.05, 0.1) is 11.1 Å². The van der Waals surface area contributed by atoms with Crippen molar-refractivity contribution < 1.29 is 4.74 Å². The lowest BCUT2D eigenvalue weighted by Gasteiger charge is -2.07. The van der Waals surface area contributed by atoms with Gasteiger partial charge in [0.25, 0.3) is 0 Å². The van der Waals surface area contributed by atoms with Gasteiger partial charge in [0.15, 0.2) is 0 Å². The molecule has 0 aliphatic heterocycles. The molecule has 2 heterocycles. The van der Waals surface area contributed by atoms with Crippen LogP contribution in [0, 0.1) is 0 Å². The Kier molecular flexibility index (Phi) is 4.50. The number of ether oxygens (including phenoxy) is 1. The summed E-state index contributed by atoms with van der Waals surface area (Å²) in [4.78, 5) is 7.98. The molecule has 2 rings (SSSR count). The van der Waals surface area contributed by atoms with Crippen LogP contribution in [0.15, 0.2) is 47.5 Å². The Morgan fingerprint density at radius 1 is 1.06 bits per heavy atom. The number of nitrogens with zero attached hydrogens (tertiary/aromatic N) is 2. The maximum absolute atomic E-state index is 5.66. The average molecular weight is 293 g/mol. The molecule has 0 spiro atoms. The van der Waals surface area contributed by atoms with Crippen molar-refractivity contribution in [1.29, 1.82) is 0 Å². The van der Waals surface area contributed by atoms with Crippen molar-refractivity contribution in [2.45, 2.75) is 12.8 Å². The molecule has 0 aliphatic rings. The molecule has 3 nitrogen and oxygen atoms in total.